The molecule has 0 amide bonds. The molecule has 4 aromatic carbocycles. The van der Waals surface area contributed by atoms with Gasteiger partial charge >= 0.3 is 0 Å². The Morgan fingerprint density at radius 2 is 0.812 bits per heavy atom. The topological polar surface area (TPSA) is 42.5 Å². The maximum absolute atomic E-state index is 5.76. The van der Waals surface area contributed by atoms with E-state index < -0.39 is 0 Å². The summed E-state index contributed by atoms with van der Waals surface area (Å²) in [5.74, 6) is 1.66. The van der Waals surface area contributed by atoms with Crippen molar-refractivity contribution in [3.8, 4) is 11.5 Å². The minimum absolute atomic E-state index is 0.148. The highest BCUT2D eigenvalue weighted by atomic mass is 16.5. The normalized spacial score (nSPS) is 12.4. The van der Waals surface area contributed by atoms with Gasteiger partial charge in [0.25, 0.3) is 0 Å². The molecular formula is C28H28N2O2. The van der Waals surface area contributed by atoms with Gasteiger partial charge in [0, 0.05) is 22.5 Å². The first kappa shape index (κ1) is 21.3. The molecule has 0 bridgehead atoms. The molecule has 32 heavy (non-hydrogen) atoms. The Balaban J connectivity index is 1.87. The monoisotopic (exact) mass is 424 g/mol. The smallest absolute Gasteiger partial charge is 0.124 e. The van der Waals surface area contributed by atoms with Gasteiger partial charge in [-0.3, -0.25) is 0 Å². The highest BCUT2D eigenvalue weighted by Gasteiger charge is 2.29. The van der Waals surface area contributed by atoms with Gasteiger partial charge in [-0.2, -0.15) is 0 Å². The predicted molar refractivity (Wildman–Crippen MR) is 132 cm³/mol. The number of para-hydroxylation sites is 4. The molecule has 4 heteroatoms. The Morgan fingerprint density at radius 1 is 0.469 bits per heavy atom. The van der Waals surface area contributed by atoms with Crippen LogP contribution in [0.5, 0.6) is 11.5 Å². The fourth-order valence-corrected chi connectivity index (χ4v) is 3.96. The third-order valence-corrected chi connectivity index (χ3v) is 5.47. The number of nitrogens with one attached hydrogen (secondary N) is 2. The molecule has 0 saturated carbocycles. The summed E-state index contributed by atoms with van der Waals surface area (Å²) in [6.45, 7) is 0. The van der Waals surface area contributed by atoms with Gasteiger partial charge in [0.05, 0.1) is 26.3 Å². The van der Waals surface area contributed by atoms with Gasteiger partial charge in [0.15, 0.2) is 0 Å². The lowest BCUT2D eigenvalue weighted by Gasteiger charge is -2.33. The molecule has 0 heterocycles. The second kappa shape index (κ2) is 10.4. The molecule has 0 aliphatic rings. The Bertz CT molecular complexity index is 1030. The van der Waals surface area contributed by atoms with Crippen LogP contribution in [0.2, 0.25) is 0 Å². The molecule has 0 aliphatic carbocycles. The molecule has 0 fully saturated rings. The average Bonchev–Trinajstić information content (AvgIpc) is 2.87. The number of hydrogen-bond acceptors (Lipinski definition) is 4. The van der Waals surface area contributed by atoms with E-state index in [-0.39, 0.29) is 12.1 Å². The fourth-order valence-electron chi connectivity index (χ4n) is 3.96. The van der Waals surface area contributed by atoms with Crippen molar-refractivity contribution in [2.24, 2.45) is 0 Å². The summed E-state index contributed by atoms with van der Waals surface area (Å²) in [4.78, 5) is 0. The van der Waals surface area contributed by atoms with Crippen molar-refractivity contribution < 1.29 is 9.47 Å². The van der Waals surface area contributed by atoms with Crippen LogP contribution in [0.15, 0.2) is 109 Å². The lowest BCUT2D eigenvalue weighted by atomic mass is 9.91. The first-order chi connectivity index (χ1) is 15.8. The summed E-state index contributed by atoms with van der Waals surface area (Å²) in [5, 5.41) is 7.48. The third-order valence-electron chi connectivity index (χ3n) is 5.47. The van der Waals surface area contributed by atoms with E-state index in [4.69, 9.17) is 9.47 Å². The van der Waals surface area contributed by atoms with Crippen molar-refractivity contribution in [3.63, 3.8) is 0 Å². The predicted octanol–water partition coefficient (Wildman–Crippen LogP) is 6.71. The minimum Gasteiger partial charge on any atom is -0.496 e. The molecule has 0 saturated heterocycles. The summed E-state index contributed by atoms with van der Waals surface area (Å²) in [7, 11) is 3.42. The maximum Gasteiger partial charge on any atom is 0.124 e. The summed E-state index contributed by atoms with van der Waals surface area (Å²) < 4.78 is 11.5. The lowest BCUT2D eigenvalue weighted by molar-refractivity contribution is 0.397. The number of hydrogen-bond donors (Lipinski definition) is 2. The Hall–Kier alpha value is -3.92. The van der Waals surface area contributed by atoms with Crippen molar-refractivity contribution >= 4 is 11.4 Å². The molecular weight excluding hydrogens is 396 g/mol. The van der Waals surface area contributed by atoms with E-state index in [0.717, 1.165) is 34.0 Å². The van der Waals surface area contributed by atoms with Gasteiger partial charge in [0.1, 0.15) is 11.5 Å². The Kier molecular flexibility index (Phi) is 6.93. The van der Waals surface area contributed by atoms with Gasteiger partial charge in [-0.15, -0.1) is 0 Å². The van der Waals surface area contributed by atoms with Gasteiger partial charge in [-0.25, -0.2) is 0 Å². The highest BCUT2D eigenvalue weighted by Crippen LogP contribution is 2.41. The van der Waals surface area contributed by atoms with Crippen molar-refractivity contribution in [3.05, 3.63) is 120 Å². The average molecular weight is 425 g/mol. The molecule has 0 radical (unpaired) electrons. The molecule has 0 unspecified atom stereocenters. The minimum atomic E-state index is -0.148. The maximum atomic E-state index is 5.76. The number of ether oxygens (including phenoxy) is 2. The van der Waals surface area contributed by atoms with Crippen LogP contribution in [0.3, 0.4) is 0 Å². The number of methoxy groups -OCH3 is 2. The first-order valence-electron chi connectivity index (χ1n) is 10.7. The van der Waals surface area contributed by atoms with E-state index in [9.17, 15) is 0 Å². The van der Waals surface area contributed by atoms with Crippen LogP contribution >= 0.6 is 0 Å². The van der Waals surface area contributed by atoms with E-state index >= 15 is 0 Å². The third kappa shape index (κ3) is 4.86. The van der Waals surface area contributed by atoms with E-state index in [1.165, 1.54) is 0 Å². The fraction of sp³-hybridized carbons (Fsp3) is 0.143. The summed E-state index contributed by atoms with van der Waals surface area (Å²) >= 11 is 0. The van der Waals surface area contributed by atoms with E-state index in [0.29, 0.717) is 0 Å². The van der Waals surface area contributed by atoms with Gasteiger partial charge in [0.2, 0.25) is 0 Å². The van der Waals surface area contributed by atoms with Crippen molar-refractivity contribution in [2.75, 3.05) is 24.9 Å². The Labute approximate surface area is 189 Å². The highest BCUT2D eigenvalue weighted by molar-refractivity contribution is 5.55. The summed E-state index contributed by atoms with van der Waals surface area (Å²) in [6.07, 6.45) is 0. The van der Waals surface area contributed by atoms with Crippen molar-refractivity contribution in [1.29, 1.82) is 0 Å². The van der Waals surface area contributed by atoms with Crippen LogP contribution < -0.4 is 20.1 Å². The summed E-state index contributed by atoms with van der Waals surface area (Å²) in [6, 6.07) is 36.4. The molecule has 2 atom stereocenters. The second-order valence-electron chi connectivity index (χ2n) is 7.46. The van der Waals surface area contributed by atoms with Crippen molar-refractivity contribution in [2.45, 2.75) is 12.1 Å². The number of rotatable bonds is 9. The SMILES string of the molecule is COc1ccccc1[C@@H](Nc1ccccc1)[C@@H](Nc1ccccc1)c1ccccc1OC. The summed E-state index contributed by atoms with van der Waals surface area (Å²) in [5.41, 5.74) is 4.16. The van der Waals surface area contributed by atoms with Crippen LogP contribution in [-0.2, 0) is 0 Å². The molecule has 4 aromatic rings. The standard InChI is InChI=1S/C28H28N2O2/c1-31-25-19-11-9-17-23(25)27(29-21-13-5-3-6-14-21)28(30-22-15-7-4-8-16-22)24-18-10-12-20-26(24)32-2/h3-20,27-30H,1-2H3/t27-,28+. The van der Waals surface area contributed by atoms with Crippen molar-refractivity contribution in [1.82, 2.24) is 0 Å². The quantitative estimate of drug-likeness (QED) is 0.313. The zero-order valence-electron chi connectivity index (χ0n) is 18.4. The second-order valence-corrected chi connectivity index (χ2v) is 7.46. The van der Waals surface area contributed by atoms with Crippen LogP contribution in [0.1, 0.15) is 23.2 Å². The van der Waals surface area contributed by atoms with Gasteiger partial charge < -0.3 is 20.1 Å². The van der Waals surface area contributed by atoms with Crippen LogP contribution in [0.25, 0.3) is 0 Å². The van der Waals surface area contributed by atoms with Crippen LogP contribution in [-0.4, -0.2) is 14.2 Å². The van der Waals surface area contributed by atoms with E-state index in [1.54, 1.807) is 14.2 Å². The molecule has 4 rings (SSSR count). The molecule has 2 N–H and O–H groups in total. The molecule has 0 spiro atoms. The lowest BCUT2D eigenvalue weighted by Crippen LogP contribution is -2.26. The molecule has 0 aromatic heterocycles. The van der Waals surface area contributed by atoms with Gasteiger partial charge in [-0.05, 0) is 36.4 Å². The van der Waals surface area contributed by atoms with E-state index in [1.807, 2.05) is 72.8 Å². The first-order valence-corrected chi connectivity index (χ1v) is 10.7. The molecule has 0 aliphatic heterocycles. The number of benzene rings is 4. The zero-order valence-corrected chi connectivity index (χ0v) is 18.4. The van der Waals surface area contributed by atoms with Crippen LogP contribution in [0.4, 0.5) is 11.4 Å². The zero-order chi connectivity index (χ0) is 22.2. The molecule has 4 nitrogen and oxygen atoms in total. The number of anilines is 2. The van der Waals surface area contributed by atoms with Gasteiger partial charge in [-0.1, -0.05) is 72.8 Å². The largest absolute Gasteiger partial charge is 0.496 e. The molecule has 162 valence electrons. The Morgan fingerprint density at radius 3 is 1.19 bits per heavy atom. The van der Waals surface area contributed by atoms with E-state index in [2.05, 4.69) is 47.0 Å². The van der Waals surface area contributed by atoms with Crippen LogP contribution in [0, 0.1) is 0 Å².